The van der Waals surface area contributed by atoms with E-state index in [-0.39, 0.29) is 5.78 Å². The molecule has 1 aliphatic carbocycles. The van der Waals surface area contributed by atoms with Gasteiger partial charge in [0.25, 0.3) is 0 Å². The molecule has 0 radical (unpaired) electrons. The second kappa shape index (κ2) is 4.73. The van der Waals surface area contributed by atoms with Crippen molar-refractivity contribution in [1.82, 2.24) is 20.2 Å². The predicted octanol–water partition coefficient (Wildman–Crippen LogP) is 2.50. The molecule has 98 valence electrons. The lowest BCUT2D eigenvalue weighted by Gasteiger charge is -2.04. The maximum atomic E-state index is 13.9. The van der Waals surface area contributed by atoms with Crippen molar-refractivity contribution in [3.05, 3.63) is 29.6 Å². The number of hydrogen-bond donors (Lipinski definition) is 0. The lowest BCUT2D eigenvalue weighted by atomic mass is 10.1. The Morgan fingerprint density at radius 1 is 1.47 bits per heavy atom. The van der Waals surface area contributed by atoms with Crippen LogP contribution in [0.4, 0.5) is 4.39 Å². The van der Waals surface area contributed by atoms with Gasteiger partial charge in [0.05, 0.1) is 10.9 Å². The van der Waals surface area contributed by atoms with Crippen LogP contribution in [0.5, 0.6) is 0 Å². The highest BCUT2D eigenvalue weighted by Gasteiger charge is 2.28. The zero-order valence-electron chi connectivity index (χ0n) is 10.2. The van der Waals surface area contributed by atoms with Crippen molar-refractivity contribution in [3.63, 3.8) is 0 Å². The molecule has 2 aromatic rings. The first-order valence-corrected chi connectivity index (χ1v) is 6.73. The molecule has 1 saturated carbocycles. The van der Waals surface area contributed by atoms with Crippen molar-refractivity contribution in [2.45, 2.75) is 35.9 Å². The summed E-state index contributed by atoms with van der Waals surface area (Å²) in [5.74, 6) is -0.582. The number of ketones is 1. The summed E-state index contributed by atoms with van der Waals surface area (Å²) in [6, 6.07) is 4.79. The van der Waals surface area contributed by atoms with Crippen molar-refractivity contribution in [3.8, 4) is 0 Å². The summed E-state index contributed by atoms with van der Waals surface area (Å²) >= 11 is 1.18. The minimum Gasteiger partial charge on any atom is -0.295 e. The molecule has 1 aliphatic rings. The third-order valence-electron chi connectivity index (χ3n) is 2.90. The first-order valence-electron chi connectivity index (χ1n) is 5.91. The third-order valence-corrected chi connectivity index (χ3v) is 3.90. The Hall–Kier alpha value is -1.76. The van der Waals surface area contributed by atoms with E-state index >= 15 is 0 Å². The highest BCUT2D eigenvalue weighted by atomic mass is 32.2. The quantitative estimate of drug-likeness (QED) is 0.804. The summed E-state index contributed by atoms with van der Waals surface area (Å²) in [5.41, 5.74) is 0.364. The lowest BCUT2D eigenvalue weighted by Crippen LogP contribution is -1.99. The van der Waals surface area contributed by atoms with Crippen LogP contribution in [0.2, 0.25) is 0 Å². The van der Waals surface area contributed by atoms with Gasteiger partial charge in [0.15, 0.2) is 5.78 Å². The summed E-state index contributed by atoms with van der Waals surface area (Å²) < 4.78 is 15.6. The molecule has 3 rings (SSSR count). The molecule has 0 bridgehead atoms. The minimum absolute atomic E-state index is 0.154. The van der Waals surface area contributed by atoms with E-state index in [0.717, 1.165) is 12.8 Å². The zero-order chi connectivity index (χ0) is 13.4. The average Bonchev–Trinajstić information content (AvgIpc) is 3.12. The molecule has 1 heterocycles. The number of nitrogens with zero attached hydrogens (tertiary/aromatic N) is 4. The van der Waals surface area contributed by atoms with Crippen molar-refractivity contribution < 1.29 is 9.18 Å². The normalized spacial score (nSPS) is 14.6. The van der Waals surface area contributed by atoms with Crippen molar-refractivity contribution >= 4 is 17.5 Å². The van der Waals surface area contributed by atoms with Gasteiger partial charge in [-0.05, 0) is 54.1 Å². The first-order chi connectivity index (χ1) is 9.15. The fourth-order valence-electron chi connectivity index (χ4n) is 1.70. The molecular formula is C12H11FN4OS. The molecule has 0 atom stereocenters. The maximum absolute atomic E-state index is 13.9. The monoisotopic (exact) mass is 278 g/mol. The van der Waals surface area contributed by atoms with Crippen LogP contribution in [0.25, 0.3) is 0 Å². The molecule has 1 aromatic heterocycles. The molecule has 1 aromatic carbocycles. The van der Waals surface area contributed by atoms with Crippen LogP contribution in [-0.4, -0.2) is 26.0 Å². The average molecular weight is 278 g/mol. The number of hydrogen-bond acceptors (Lipinski definition) is 5. The van der Waals surface area contributed by atoms with Crippen molar-refractivity contribution in [2.24, 2.45) is 0 Å². The third kappa shape index (κ3) is 2.51. The molecule has 0 saturated heterocycles. The van der Waals surface area contributed by atoms with Gasteiger partial charge in [-0.2, -0.15) is 0 Å². The van der Waals surface area contributed by atoms with Crippen LogP contribution >= 0.6 is 11.8 Å². The Kier molecular flexibility index (Phi) is 3.06. The van der Waals surface area contributed by atoms with Crippen LogP contribution in [-0.2, 0) is 0 Å². The van der Waals surface area contributed by atoms with Gasteiger partial charge in [-0.15, -0.1) is 5.10 Å². The summed E-state index contributed by atoms with van der Waals surface area (Å²) in [6.07, 6.45) is 2.12. The highest BCUT2D eigenvalue weighted by molar-refractivity contribution is 7.99. The van der Waals surface area contributed by atoms with E-state index in [9.17, 15) is 9.18 Å². The van der Waals surface area contributed by atoms with Gasteiger partial charge in [-0.1, -0.05) is 6.07 Å². The van der Waals surface area contributed by atoms with Gasteiger partial charge < -0.3 is 0 Å². The van der Waals surface area contributed by atoms with Crippen LogP contribution in [0, 0.1) is 5.82 Å². The Morgan fingerprint density at radius 2 is 2.26 bits per heavy atom. The van der Waals surface area contributed by atoms with E-state index in [4.69, 9.17) is 0 Å². The summed E-state index contributed by atoms with van der Waals surface area (Å²) in [4.78, 5) is 11.6. The molecule has 0 N–H and O–H groups in total. The Bertz CT molecular complexity index is 638. The highest BCUT2D eigenvalue weighted by Crippen LogP contribution is 2.38. The molecule has 1 fully saturated rings. The number of tetrazole rings is 1. The molecule has 0 spiro atoms. The smallest absolute Gasteiger partial charge is 0.214 e. The molecular weight excluding hydrogens is 267 g/mol. The fraction of sp³-hybridized carbons (Fsp3) is 0.333. The van der Waals surface area contributed by atoms with Gasteiger partial charge in [-0.3, -0.25) is 4.79 Å². The van der Waals surface area contributed by atoms with Gasteiger partial charge in [0, 0.05) is 5.56 Å². The predicted molar refractivity (Wildman–Crippen MR) is 66.6 cm³/mol. The maximum Gasteiger partial charge on any atom is 0.214 e. The van der Waals surface area contributed by atoms with Crippen molar-refractivity contribution in [2.75, 3.05) is 0 Å². The molecule has 0 unspecified atom stereocenters. The second-order valence-electron chi connectivity index (χ2n) is 4.44. The van der Waals surface area contributed by atoms with Crippen LogP contribution < -0.4 is 0 Å². The molecule has 19 heavy (non-hydrogen) atoms. The standard InChI is InChI=1S/C12H11FN4OS/c1-7(18)8-2-5-11(10(13)6-8)19-12-14-15-16-17(12)9-3-4-9/h2,5-6,9H,3-4H2,1H3. The molecule has 5 nitrogen and oxygen atoms in total. The number of benzene rings is 1. The van der Waals surface area contributed by atoms with E-state index in [0.29, 0.717) is 21.7 Å². The van der Waals surface area contributed by atoms with E-state index in [2.05, 4.69) is 15.5 Å². The van der Waals surface area contributed by atoms with E-state index < -0.39 is 5.82 Å². The summed E-state index contributed by atoms with van der Waals surface area (Å²) in [5, 5.41) is 12.0. The molecule has 0 amide bonds. The number of aromatic nitrogens is 4. The number of Topliss-reactive ketones (excluding diaryl/α,β-unsaturated/α-hetero) is 1. The SMILES string of the molecule is CC(=O)c1ccc(Sc2nnnn2C2CC2)c(F)c1. The van der Waals surface area contributed by atoms with Crippen LogP contribution in [0.1, 0.15) is 36.2 Å². The largest absolute Gasteiger partial charge is 0.295 e. The number of halogens is 1. The van der Waals surface area contributed by atoms with Gasteiger partial charge in [0.1, 0.15) is 5.82 Å². The van der Waals surface area contributed by atoms with Crippen LogP contribution in [0.3, 0.4) is 0 Å². The Labute approximate surface area is 113 Å². The zero-order valence-corrected chi connectivity index (χ0v) is 11.0. The topological polar surface area (TPSA) is 60.7 Å². The number of rotatable bonds is 4. The number of carbonyl (C=O) groups is 1. The summed E-state index contributed by atoms with van der Waals surface area (Å²) in [7, 11) is 0. The molecule has 7 heteroatoms. The number of carbonyl (C=O) groups excluding carboxylic acids is 1. The van der Waals surface area contributed by atoms with E-state index in [1.54, 1.807) is 16.8 Å². The Morgan fingerprint density at radius 3 is 2.89 bits per heavy atom. The second-order valence-corrected chi connectivity index (χ2v) is 5.45. The fourth-order valence-corrected chi connectivity index (χ4v) is 2.55. The van der Waals surface area contributed by atoms with Crippen LogP contribution in [0.15, 0.2) is 28.3 Å². The Balaban J connectivity index is 1.86. The minimum atomic E-state index is -0.428. The van der Waals surface area contributed by atoms with Crippen molar-refractivity contribution in [1.29, 1.82) is 0 Å². The molecule has 0 aliphatic heterocycles. The van der Waals surface area contributed by atoms with E-state index in [1.165, 1.54) is 24.8 Å². The van der Waals surface area contributed by atoms with Gasteiger partial charge in [0.2, 0.25) is 5.16 Å². The van der Waals surface area contributed by atoms with E-state index in [1.807, 2.05) is 0 Å². The summed E-state index contributed by atoms with van der Waals surface area (Å²) in [6.45, 7) is 1.41. The lowest BCUT2D eigenvalue weighted by molar-refractivity contribution is 0.101. The van der Waals surface area contributed by atoms with Gasteiger partial charge in [-0.25, -0.2) is 9.07 Å². The van der Waals surface area contributed by atoms with Gasteiger partial charge >= 0.3 is 0 Å². The first kappa shape index (κ1) is 12.3.